The maximum Gasteiger partial charge on any atom is 0.569 e. The molecule has 12 nitrogen and oxygen atoms in total. The van der Waals surface area contributed by atoms with Gasteiger partial charge in [-0.15, -0.1) is 0 Å². The van der Waals surface area contributed by atoms with Crippen molar-refractivity contribution < 1.29 is 39.0 Å². The molecule has 0 aliphatic carbocycles. The number of benzene rings is 5. The van der Waals surface area contributed by atoms with Crippen LogP contribution in [-0.4, -0.2) is 102 Å². The molecule has 5 aromatic rings. The van der Waals surface area contributed by atoms with Gasteiger partial charge in [-0.1, -0.05) is 93.1 Å². The van der Waals surface area contributed by atoms with Crippen molar-refractivity contribution in [1.82, 2.24) is 19.6 Å². The number of amides is 2. The third kappa shape index (κ3) is 13.5. The lowest BCUT2D eigenvalue weighted by atomic mass is 9.78. The molecule has 0 saturated carbocycles. The fourth-order valence-electron chi connectivity index (χ4n) is 7.57. The van der Waals surface area contributed by atoms with Crippen molar-refractivity contribution in [2.24, 2.45) is 0 Å². The van der Waals surface area contributed by atoms with Crippen LogP contribution in [0.5, 0.6) is 11.5 Å². The summed E-state index contributed by atoms with van der Waals surface area (Å²) in [6, 6.07) is 32.4. The van der Waals surface area contributed by atoms with Crippen LogP contribution in [-0.2, 0) is 44.7 Å². The third-order valence-corrected chi connectivity index (χ3v) is 10.5. The van der Waals surface area contributed by atoms with E-state index >= 15 is 0 Å². The lowest BCUT2D eigenvalue weighted by Crippen LogP contribution is -2.31. The van der Waals surface area contributed by atoms with Gasteiger partial charge in [-0.2, -0.15) is 0 Å². The normalized spacial score (nSPS) is 11.4. The van der Waals surface area contributed by atoms with Crippen LogP contribution in [0.3, 0.4) is 0 Å². The Morgan fingerprint density at radius 3 is 1.45 bits per heavy atom. The van der Waals surface area contributed by atoms with Crippen LogP contribution >= 0.6 is 0 Å². The zero-order valence-corrected chi connectivity index (χ0v) is 37.0. The molecule has 62 heavy (non-hydrogen) atoms. The molecule has 0 unspecified atom stereocenters. The van der Waals surface area contributed by atoms with Gasteiger partial charge in [-0.3, -0.25) is 19.4 Å². The highest BCUT2D eigenvalue weighted by Crippen LogP contribution is 2.29. The summed E-state index contributed by atoms with van der Waals surface area (Å²) in [6.07, 6.45) is 0. The lowest BCUT2D eigenvalue weighted by molar-refractivity contribution is 0.0771. The second-order valence-electron chi connectivity index (χ2n) is 17.2. The molecule has 0 heterocycles. The van der Waals surface area contributed by atoms with E-state index in [4.69, 9.17) is 19.4 Å². The lowest BCUT2D eigenvalue weighted by Gasteiger charge is -2.27. The second kappa shape index (κ2) is 21.6. The molecule has 4 N–H and O–H groups in total. The molecule has 0 aromatic heterocycles. The molecule has 0 aliphatic heterocycles. The largest absolute Gasteiger partial charge is 0.569 e. The van der Waals surface area contributed by atoms with Crippen molar-refractivity contribution in [2.45, 2.75) is 72.4 Å². The summed E-state index contributed by atoms with van der Waals surface area (Å²) in [5.74, 6) is 0.485. The summed E-state index contributed by atoms with van der Waals surface area (Å²) < 4.78 is 10.2. The average Bonchev–Trinajstić information content (AvgIpc) is 3.21. The van der Waals surface area contributed by atoms with Gasteiger partial charge in [0.05, 0.1) is 0 Å². The van der Waals surface area contributed by atoms with Crippen molar-refractivity contribution in [1.29, 1.82) is 0 Å². The minimum atomic E-state index is -1.50. The SMILES string of the molecule is Cc1cc(CN(C)Cc2ccc(CN(C)C(=O)c3ccc(C(=O)N(C)Cc4ccc(CN(C)Cc5cc(O[B]O)cc(O[B]O)c5)cc4)cc3C(C)(C)C)cc2)cc(B(O)O)c1. The van der Waals surface area contributed by atoms with Gasteiger partial charge in [0.1, 0.15) is 11.5 Å². The van der Waals surface area contributed by atoms with Crippen LogP contribution in [0.15, 0.2) is 103 Å². The molecule has 0 bridgehead atoms. The Bertz CT molecular complexity index is 2260. The predicted octanol–water partition coefficient (Wildman–Crippen LogP) is 4.59. The smallest absolute Gasteiger partial charge is 0.537 e. The first kappa shape index (κ1) is 47.6. The molecule has 322 valence electrons. The van der Waals surface area contributed by atoms with Gasteiger partial charge in [-0.25, -0.2) is 0 Å². The Morgan fingerprint density at radius 2 is 1.00 bits per heavy atom. The molecule has 0 aliphatic rings. The molecule has 0 atom stereocenters. The quantitative estimate of drug-likeness (QED) is 0.0872. The maximum absolute atomic E-state index is 14.0. The zero-order valence-electron chi connectivity index (χ0n) is 37.0. The van der Waals surface area contributed by atoms with Crippen molar-refractivity contribution in [3.05, 3.63) is 159 Å². The van der Waals surface area contributed by atoms with Gasteiger partial charge in [0, 0.05) is 70.6 Å². The van der Waals surface area contributed by atoms with Crippen LogP contribution in [0.1, 0.15) is 86.0 Å². The molecular weight excluding hydrogens is 781 g/mol. The van der Waals surface area contributed by atoms with Crippen molar-refractivity contribution in [3.63, 3.8) is 0 Å². The predicted molar refractivity (Wildman–Crippen MR) is 245 cm³/mol. The van der Waals surface area contributed by atoms with Crippen molar-refractivity contribution >= 4 is 39.8 Å². The summed E-state index contributed by atoms with van der Waals surface area (Å²) in [7, 11) is 7.25. The van der Waals surface area contributed by atoms with Crippen molar-refractivity contribution in [2.75, 3.05) is 28.2 Å². The van der Waals surface area contributed by atoms with Gasteiger partial charge in [-0.05, 0) is 101 Å². The Balaban J connectivity index is 1.17. The van der Waals surface area contributed by atoms with Crippen LogP contribution in [0, 0.1) is 6.92 Å². The minimum Gasteiger partial charge on any atom is -0.537 e. The fraction of sp³-hybridized carbons (Fsp3) is 0.319. The summed E-state index contributed by atoms with van der Waals surface area (Å²) in [5.41, 5.74) is 8.98. The molecule has 5 aromatic carbocycles. The Morgan fingerprint density at radius 1 is 0.565 bits per heavy atom. The van der Waals surface area contributed by atoms with E-state index in [2.05, 4.69) is 21.9 Å². The van der Waals surface area contributed by atoms with E-state index in [-0.39, 0.29) is 11.8 Å². The number of hydrogen-bond acceptors (Lipinski definition) is 10. The van der Waals surface area contributed by atoms with Crippen LogP contribution < -0.4 is 14.8 Å². The first-order valence-electron chi connectivity index (χ1n) is 20.5. The highest BCUT2D eigenvalue weighted by molar-refractivity contribution is 6.58. The minimum absolute atomic E-state index is 0.121. The molecular formula is C47H57B3N4O8. The van der Waals surface area contributed by atoms with E-state index in [1.165, 1.54) is 0 Å². The first-order valence-corrected chi connectivity index (χ1v) is 20.5. The molecule has 15 heteroatoms. The zero-order chi connectivity index (χ0) is 45.1. The van der Waals surface area contributed by atoms with Crippen LogP contribution in [0.4, 0.5) is 0 Å². The average molecular weight is 838 g/mol. The summed E-state index contributed by atoms with van der Waals surface area (Å²) in [5, 5.41) is 37.4. The number of hydrogen-bond donors (Lipinski definition) is 4. The number of carbonyl (C=O) groups is 2. The number of rotatable bonds is 19. The van der Waals surface area contributed by atoms with Gasteiger partial charge in [0.2, 0.25) is 0 Å². The Kier molecular flexibility index (Phi) is 16.6. The third-order valence-electron chi connectivity index (χ3n) is 10.5. The first-order chi connectivity index (χ1) is 29.4. The highest BCUT2D eigenvalue weighted by atomic mass is 16.5. The Hall–Kier alpha value is -5.41. The Labute approximate surface area is 368 Å². The van der Waals surface area contributed by atoms with Crippen LogP contribution in [0.2, 0.25) is 0 Å². The number of carbonyl (C=O) groups excluding carboxylic acids is 2. The molecule has 2 radical (unpaired) electrons. The van der Waals surface area contributed by atoms with E-state index in [0.717, 1.165) is 44.5 Å². The van der Waals surface area contributed by atoms with E-state index in [1.807, 2.05) is 96.4 Å². The van der Waals surface area contributed by atoms with Crippen LogP contribution in [0.25, 0.3) is 0 Å². The molecule has 0 fully saturated rings. The highest BCUT2D eigenvalue weighted by Gasteiger charge is 2.26. The van der Waals surface area contributed by atoms with Gasteiger partial charge < -0.3 is 39.2 Å². The maximum atomic E-state index is 14.0. The molecule has 0 spiro atoms. The van der Waals surface area contributed by atoms with Crippen molar-refractivity contribution in [3.8, 4) is 11.5 Å². The second-order valence-corrected chi connectivity index (χ2v) is 17.2. The van der Waals surface area contributed by atoms with E-state index in [1.54, 1.807) is 60.3 Å². The van der Waals surface area contributed by atoms with Gasteiger partial charge in [0.25, 0.3) is 11.8 Å². The van der Waals surface area contributed by atoms with E-state index in [0.29, 0.717) is 82.7 Å². The van der Waals surface area contributed by atoms with E-state index < -0.39 is 12.5 Å². The fourth-order valence-corrected chi connectivity index (χ4v) is 7.57. The van der Waals surface area contributed by atoms with Gasteiger partial charge >= 0.3 is 22.5 Å². The summed E-state index contributed by atoms with van der Waals surface area (Å²) >= 11 is 0. The number of nitrogens with zero attached hydrogens (tertiary/aromatic N) is 4. The standard InChI is InChI=1S/C47H57B3N4O8/c1-32-19-37(21-40(20-32)50(59)60)28-51(5)26-33-11-15-36(16-12-33)31-54(8)46(56)43-18-17-39(24-44(43)47(2,3)4)45(55)53(7)30-35-13-9-34(10-14-35)27-52(6)29-38-22-41(61-48-57)25-42(23-38)62-49-58/h9-25,57-60H,26-31H2,1-8H3. The van der Waals surface area contributed by atoms with Gasteiger partial charge in [0.15, 0.2) is 0 Å². The van der Waals surface area contributed by atoms with E-state index in [9.17, 15) is 19.6 Å². The molecule has 2 amide bonds. The summed E-state index contributed by atoms with van der Waals surface area (Å²) in [4.78, 5) is 35.4. The molecule has 5 rings (SSSR count). The topological polar surface area (TPSA) is 146 Å². The number of aryl methyl sites for hydroxylation is 1. The molecule has 0 saturated heterocycles. The summed E-state index contributed by atoms with van der Waals surface area (Å²) in [6.45, 7) is 11.4. The monoisotopic (exact) mass is 838 g/mol.